The summed E-state index contributed by atoms with van der Waals surface area (Å²) in [6.45, 7) is 2.05. The van der Waals surface area contributed by atoms with Crippen LogP contribution in [0.4, 0.5) is 0 Å². The minimum Gasteiger partial charge on any atom is -0.585 e. The van der Waals surface area contributed by atoms with Gasteiger partial charge in [0.15, 0.2) is 0 Å². The molecular formula is C10H9O4S2Y-. The Morgan fingerprint density at radius 1 is 1.65 bits per heavy atom. The Morgan fingerprint density at radius 3 is 2.94 bits per heavy atom. The standard InChI is InChI=1S/C10H9O4S2.Y/c1-3-13-9(12)6-7-8(5(11)4-14-7)16-10(6)15-2;/h11H,3H2,1-2H3;/q-1;. The second-order valence-corrected chi connectivity index (χ2v) is 5.00. The van der Waals surface area contributed by atoms with Crippen molar-refractivity contribution in [2.24, 2.45) is 0 Å². The van der Waals surface area contributed by atoms with Crippen LogP contribution in [0.25, 0.3) is 10.3 Å². The van der Waals surface area contributed by atoms with Crippen molar-refractivity contribution in [2.45, 2.75) is 11.1 Å². The SMILES string of the molecule is CCOC(=O)c1c(SC)sc2c(O)[c-]oc12.[Y]. The van der Waals surface area contributed by atoms with Gasteiger partial charge in [-0.25, -0.2) is 16.1 Å². The molecule has 0 aliphatic heterocycles. The van der Waals surface area contributed by atoms with Crippen LogP contribution in [0.3, 0.4) is 0 Å². The molecule has 4 nitrogen and oxygen atoms in total. The van der Waals surface area contributed by atoms with Gasteiger partial charge in [-0.1, -0.05) is 0 Å². The van der Waals surface area contributed by atoms with Gasteiger partial charge in [-0.3, -0.25) is 0 Å². The van der Waals surface area contributed by atoms with Gasteiger partial charge in [-0.15, -0.1) is 11.8 Å². The van der Waals surface area contributed by atoms with Gasteiger partial charge in [0.25, 0.3) is 0 Å². The molecule has 2 heterocycles. The van der Waals surface area contributed by atoms with Crippen LogP contribution in [0.5, 0.6) is 5.75 Å². The Bertz CT molecular complexity index is 532. The number of aromatic hydroxyl groups is 1. The Balaban J connectivity index is 0.00000144. The van der Waals surface area contributed by atoms with Gasteiger partial charge in [0, 0.05) is 50.3 Å². The van der Waals surface area contributed by atoms with Gasteiger partial charge >= 0.3 is 5.97 Å². The molecule has 17 heavy (non-hydrogen) atoms. The Morgan fingerprint density at radius 2 is 2.35 bits per heavy atom. The number of thioether (sulfide) groups is 1. The minimum atomic E-state index is -0.430. The molecule has 0 aliphatic rings. The van der Waals surface area contributed by atoms with Crippen molar-refractivity contribution in [3.05, 3.63) is 11.8 Å². The summed E-state index contributed by atoms with van der Waals surface area (Å²) < 4.78 is 11.3. The molecule has 0 aliphatic carbocycles. The molecule has 2 aromatic rings. The molecule has 0 fully saturated rings. The van der Waals surface area contributed by atoms with E-state index in [1.54, 1.807) is 6.92 Å². The van der Waals surface area contributed by atoms with Crippen LogP contribution in [-0.2, 0) is 37.4 Å². The number of ether oxygens (including phenoxy) is 1. The van der Waals surface area contributed by atoms with E-state index < -0.39 is 5.97 Å². The van der Waals surface area contributed by atoms with Crippen molar-refractivity contribution in [3.63, 3.8) is 0 Å². The van der Waals surface area contributed by atoms with Crippen molar-refractivity contribution in [3.8, 4) is 5.75 Å². The van der Waals surface area contributed by atoms with Crippen molar-refractivity contribution >= 4 is 39.4 Å². The molecule has 0 unspecified atom stereocenters. The van der Waals surface area contributed by atoms with Gasteiger partial charge in [0.1, 0.15) is 0 Å². The fourth-order valence-corrected chi connectivity index (χ4v) is 3.12. The molecule has 2 rings (SSSR count). The van der Waals surface area contributed by atoms with E-state index in [0.29, 0.717) is 22.5 Å². The van der Waals surface area contributed by atoms with Gasteiger partial charge in [0.2, 0.25) is 0 Å². The third-order valence-electron chi connectivity index (χ3n) is 1.96. The first-order valence-corrected chi connectivity index (χ1v) is 6.60. The maximum absolute atomic E-state index is 11.7. The molecule has 0 amide bonds. The number of carbonyl (C=O) groups is 1. The van der Waals surface area contributed by atoms with E-state index in [9.17, 15) is 9.90 Å². The molecular weight excluding hydrogens is 337 g/mol. The van der Waals surface area contributed by atoms with E-state index in [-0.39, 0.29) is 38.5 Å². The molecule has 0 spiro atoms. The van der Waals surface area contributed by atoms with E-state index in [4.69, 9.17) is 9.15 Å². The Kier molecular flexibility index (Phi) is 5.50. The first kappa shape index (κ1) is 15.0. The maximum Gasteiger partial charge on any atom is 0.330 e. The van der Waals surface area contributed by atoms with E-state index in [2.05, 4.69) is 6.26 Å². The van der Waals surface area contributed by atoms with Crippen LogP contribution in [0.15, 0.2) is 8.63 Å². The normalized spacial score (nSPS) is 10.2. The summed E-state index contributed by atoms with van der Waals surface area (Å²) >= 11 is 2.72. The second kappa shape index (κ2) is 6.22. The predicted octanol–water partition coefficient (Wildman–Crippen LogP) is 2.90. The fraction of sp³-hybridized carbons (Fsp3) is 0.300. The van der Waals surface area contributed by atoms with E-state index >= 15 is 0 Å². The number of esters is 1. The molecule has 0 atom stereocenters. The number of hydrogen-bond donors (Lipinski definition) is 1. The third-order valence-corrected chi connectivity index (χ3v) is 4.26. The molecule has 1 radical (unpaired) electrons. The van der Waals surface area contributed by atoms with Crippen LogP contribution in [0, 0.1) is 6.26 Å². The van der Waals surface area contributed by atoms with Gasteiger partial charge < -0.3 is 14.3 Å². The maximum atomic E-state index is 11.7. The molecule has 0 saturated carbocycles. The monoisotopic (exact) mass is 346 g/mol. The van der Waals surface area contributed by atoms with Crippen LogP contribution in [0.1, 0.15) is 17.3 Å². The number of fused-ring (bicyclic) bond motifs is 1. The van der Waals surface area contributed by atoms with Crippen molar-refractivity contribution < 1.29 is 51.8 Å². The average molecular weight is 346 g/mol. The largest absolute Gasteiger partial charge is 0.585 e. The van der Waals surface area contributed by atoms with Crippen molar-refractivity contribution in [1.82, 2.24) is 0 Å². The topological polar surface area (TPSA) is 59.7 Å². The van der Waals surface area contributed by atoms with Crippen molar-refractivity contribution in [2.75, 3.05) is 12.9 Å². The number of carbonyl (C=O) groups excluding carboxylic acids is 1. The van der Waals surface area contributed by atoms with Gasteiger partial charge in [-0.2, -0.15) is 0 Å². The first-order chi connectivity index (χ1) is 7.69. The number of furan rings is 1. The van der Waals surface area contributed by atoms with E-state index in [1.165, 1.54) is 23.1 Å². The summed E-state index contributed by atoms with van der Waals surface area (Å²) in [4.78, 5) is 11.7. The number of rotatable bonds is 3. The van der Waals surface area contributed by atoms with Crippen molar-refractivity contribution in [1.29, 1.82) is 0 Å². The average Bonchev–Trinajstić information content (AvgIpc) is 2.79. The second-order valence-electron chi connectivity index (χ2n) is 2.90. The Labute approximate surface area is 132 Å². The summed E-state index contributed by atoms with van der Waals surface area (Å²) in [5.74, 6) is -0.494. The van der Waals surface area contributed by atoms with Gasteiger partial charge in [-0.05, 0) is 17.9 Å². The van der Waals surface area contributed by atoms with Crippen LogP contribution < -0.4 is 0 Å². The van der Waals surface area contributed by atoms with Crippen LogP contribution in [-0.4, -0.2) is 23.9 Å². The van der Waals surface area contributed by atoms with E-state index in [0.717, 1.165) is 4.21 Å². The molecule has 89 valence electrons. The minimum absolute atomic E-state index is 0. The summed E-state index contributed by atoms with van der Waals surface area (Å²) in [6, 6.07) is 0. The predicted molar refractivity (Wildman–Crippen MR) is 62.3 cm³/mol. The summed E-state index contributed by atoms with van der Waals surface area (Å²) in [5, 5.41) is 9.46. The first-order valence-electron chi connectivity index (χ1n) is 4.56. The van der Waals surface area contributed by atoms with E-state index in [1.807, 2.05) is 6.26 Å². The molecule has 7 heteroatoms. The molecule has 2 aromatic heterocycles. The molecule has 1 N–H and O–H groups in total. The Hall–Kier alpha value is -0.0361. The summed E-state index contributed by atoms with van der Waals surface area (Å²) in [5.41, 5.74) is 0.733. The molecule has 0 saturated heterocycles. The summed E-state index contributed by atoms with van der Waals surface area (Å²) in [7, 11) is 0. The van der Waals surface area contributed by atoms with Gasteiger partial charge in [0.05, 0.1) is 16.4 Å². The number of thiophene rings is 1. The zero-order chi connectivity index (χ0) is 11.7. The quantitative estimate of drug-likeness (QED) is 0.526. The third kappa shape index (κ3) is 2.70. The van der Waals surface area contributed by atoms with Crippen LogP contribution in [0.2, 0.25) is 0 Å². The molecule has 0 bridgehead atoms. The zero-order valence-corrected chi connectivity index (χ0v) is 13.7. The zero-order valence-electron chi connectivity index (χ0n) is 9.27. The fourth-order valence-electron chi connectivity index (χ4n) is 1.32. The summed E-state index contributed by atoms with van der Waals surface area (Å²) in [6.07, 6.45) is 4.17. The number of hydrogen-bond acceptors (Lipinski definition) is 6. The van der Waals surface area contributed by atoms with Crippen LogP contribution >= 0.6 is 23.1 Å². The smallest absolute Gasteiger partial charge is 0.330 e. The molecule has 0 aromatic carbocycles.